The van der Waals surface area contributed by atoms with Crippen LogP contribution in [-0.4, -0.2) is 25.0 Å². The topological polar surface area (TPSA) is 63.2 Å². The summed E-state index contributed by atoms with van der Waals surface area (Å²) in [7, 11) is 3.26. The van der Waals surface area contributed by atoms with Gasteiger partial charge in [0, 0.05) is 17.7 Å². The SMILES string of the molecule is CNc1cc(C(=O)Nc2cc(Br)ccc2OC)c(Cl)cn1. The third-order valence-electron chi connectivity index (χ3n) is 2.77. The van der Waals surface area contributed by atoms with E-state index in [1.807, 2.05) is 6.07 Å². The van der Waals surface area contributed by atoms with Crippen molar-refractivity contribution in [2.45, 2.75) is 0 Å². The molecule has 110 valence electrons. The zero-order valence-electron chi connectivity index (χ0n) is 11.4. The molecule has 1 aromatic heterocycles. The lowest BCUT2D eigenvalue weighted by Crippen LogP contribution is -2.14. The number of carbonyl (C=O) groups excluding carboxylic acids is 1. The Balaban J connectivity index is 2.32. The standard InChI is InChI=1S/C14H13BrClN3O2/c1-17-13-6-9(10(16)7-18-13)14(20)19-11-5-8(15)3-4-12(11)21-2/h3-7H,1-2H3,(H,17,18)(H,19,20). The second-order valence-electron chi connectivity index (χ2n) is 4.10. The zero-order valence-corrected chi connectivity index (χ0v) is 13.7. The third-order valence-corrected chi connectivity index (χ3v) is 3.56. The number of nitrogens with one attached hydrogen (secondary N) is 2. The molecule has 0 saturated carbocycles. The largest absolute Gasteiger partial charge is 0.495 e. The maximum absolute atomic E-state index is 12.4. The quantitative estimate of drug-likeness (QED) is 0.859. The van der Waals surface area contributed by atoms with Crippen molar-refractivity contribution >= 4 is 44.9 Å². The minimum Gasteiger partial charge on any atom is -0.495 e. The molecule has 0 unspecified atom stereocenters. The van der Waals surface area contributed by atoms with E-state index >= 15 is 0 Å². The lowest BCUT2D eigenvalue weighted by atomic mass is 10.2. The second-order valence-corrected chi connectivity index (χ2v) is 5.42. The Kier molecular flexibility index (Phi) is 5.03. The first-order chi connectivity index (χ1) is 10.0. The number of ether oxygens (including phenoxy) is 1. The molecule has 0 aliphatic heterocycles. The van der Waals surface area contributed by atoms with Crippen LogP contribution in [0.3, 0.4) is 0 Å². The molecule has 0 radical (unpaired) electrons. The number of benzene rings is 1. The average molecular weight is 371 g/mol. The molecule has 2 rings (SSSR count). The molecule has 0 spiro atoms. The van der Waals surface area contributed by atoms with Crippen LogP contribution in [-0.2, 0) is 0 Å². The van der Waals surface area contributed by atoms with Crippen LogP contribution in [0.4, 0.5) is 11.5 Å². The molecule has 2 aromatic rings. The van der Waals surface area contributed by atoms with Gasteiger partial charge in [-0.1, -0.05) is 27.5 Å². The predicted molar refractivity (Wildman–Crippen MR) is 87.4 cm³/mol. The van der Waals surface area contributed by atoms with Crippen molar-refractivity contribution in [1.29, 1.82) is 0 Å². The molecule has 0 fully saturated rings. The summed E-state index contributed by atoms with van der Waals surface area (Å²) in [5.74, 6) is 0.784. The van der Waals surface area contributed by atoms with Crippen LogP contribution in [0.15, 0.2) is 34.9 Å². The van der Waals surface area contributed by atoms with E-state index in [9.17, 15) is 4.79 Å². The Hall–Kier alpha value is -1.79. The van der Waals surface area contributed by atoms with E-state index in [-0.39, 0.29) is 10.9 Å². The van der Waals surface area contributed by atoms with Gasteiger partial charge in [-0.25, -0.2) is 4.98 Å². The summed E-state index contributed by atoms with van der Waals surface area (Å²) >= 11 is 9.38. The van der Waals surface area contributed by atoms with Gasteiger partial charge >= 0.3 is 0 Å². The van der Waals surface area contributed by atoms with Gasteiger partial charge in [0.25, 0.3) is 5.91 Å². The maximum Gasteiger partial charge on any atom is 0.257 e. The van der Waals surface area contributed by atoms with Crippen molar-refractivity contribution < 1.29 is 9.53 Å². The van der Waals surface area contributed by atoms with E-state index in [0.29, 0.717) is 22.8 Å². The molecule has 7 heteroatoms. The Labute approximate surface area is 135 Å². The third kappa shape index (κ3) is 3.65. The molecular weight excluding hydrogens is 358 g/mol. The summed E-state index contributed by atoms with van der Waals surface area (Å²) in [5.41, 5.74) is 0.883. The number of hydrogen-bond acceptors (Lipinski definition) is 4. The monoisotopic (exact) mass is 369 g/mol. The van der Waals surface area contributed by atoms with Gasteiger partial charge in [0.05, 0.1) is 23.4 Å². The van der Waals surface area contributed by atoms with Crippen LogP contribution < -0.4 is 15.4 Å². The Bertz CT molecular complexity index is 679. The fourth-order valence-corrected chi connectivity index (χ4v) is 2.27. The molecular formula is C14H13BrClN3O2. The van der Waals surface area contributed by atoms with E-state index in [1.165, 1.54) is 13.3 Å². The average Bonchev–Trinajstić information content (AvgIpc) is 2.48. The van der Waals surface area contributed by atoms with Crippen LogP contribution in [0.25, 0.3) is 0 Å². The molecule has 5 nitrogen and oxygen atoms in total. The summed E-state index contributed by atoms with van der Waals surface area (Å²) < 4.78 is 6.05. The van der Waals surface area contributed by atoms with E-state index in [2.05, 4.69) is 31.5 Å². The zero-order chi connectivity index (χ0) is 15.4. The number of halogens is 2. The van der Waals surface area contributed by atoms with E-state index in [0.717, 1.165) is 4.47 Å². The number of hydrogen-bond donors (Lipinski definition) is 2. The predicted octanol–water partition coefficient (Wildman–Crippen LogP) is 3.80. The highest BCUT2D eigenvalue weighted by molar-refractivity contribution is 9.10. The molecule has 0 aliphatic rings. The highest BCUT2D eigenvalue weighted by atomic mass is 79.9. The van der Waals surface area contributed by atoms with Crippen molar-refractivity contribution in [3.05, 3.63) is 45.5 Å². The van der Waals surface area contributed by atoms with Crippen LogP contribution >= 0.6 is 27.5 Å². The summed E-state index contributed by atoms with van der Waals surface area (Å²) in [6.45, 7) is 0. The first-order valence-electron chi connectivity index (χ1n) is 6.03. The molecule has 2 N–H and O–H groups in total. The molecule has 1 heterocycles. The van der Waals surface area contributed by atoms with Crippen LogP contribution in [0.5, 0.6) is 5.75 Å². The Morgan fingerprint density at radius 2 is 2.14 bits per heavy atom. The first-order valence-corrected chi connectivity index (χ1v) is 7.20. The first kappa shape index (κ1) is 15.6. The molecule has 0 saturated heterocycles. The lowest BCUT2D eigenvalue weighted by Gasteiger charge is -2.12. The number of methoxy groups -OCH3 is 1. The second kappa shape index (κ2) is 6.78. The van der Waals surface area contributed by atoms with Gasteiger partial charge in [-0.2, -0.15) is 0 Å². The Morgan fingerprint density at radius 1 is 1.38 bits per heavy atom. The molecule has 1 amide bonds. The molecule has 1 aromatic carbocycles. The number of anilines is 2. The molecule has 0 aliphatic carbocycles. The van der Waals surface area contributed by atoms with Crippen molar-refractivity contribution in [2.24, 2.45) is 0 Å². The fraction of sp³-hybridized carbons (Fsp3) is 0.143. The van der Waals surface area contributed by atoms with Crippen molar-refractivity contribution in [3.63, 3.8) is 0 Å². The Morgan fingerprint density at radius 3 is 2.81 bits per heavy atom. The summed E-state index contributed by atoms with van der Waals surface area (Å²) in [4.78, 5) is 16.4. The molecule has 0 atom stereocenters. The smallest absolute Gasteiger partial charge is 0.257 e. The number of amides is 1. The van der Waals surface area contributed by atoms with Gasteiger partial charge in [-0.15, -0.1) is 0 Å². The van der Waals surface area contributed by atoms with E-state index < -0.39 is 0 Å². The van der Waals surface area contributed by atoms with Crippen LogP contribution in [0.2, 0.25) is 5.02 Å². The molecule has 21 heavy (non-hydrogen) atoms. The van der Waals surface area contributed by atoms with Gasteiger partial charge in [0.2, 0.25) is 0 Å². The van der Waals surface area contributed by atoms with Crippen molar-refractivity contribution in [1.82, 2.24) is 4.98 Å². The summed E-state index contributed by atoms with van der Waals surface area (Å²) in [6.07, 6.45) is 1.43. The van der Waals surface area contributed by atoms with Crippen molar-refractivity contribution in [2.75, 3.05) is 24.8 Å². The van der Waals surface area contributed by atoms with Crippen molar-refractivity contribution in [3.8, 4) is 5.75 Å². The van der Waals surface area contributed by atoms with Crippen LogP contribution in [0.1, 0.15) is 10.4 Å². The van der Waals surface area contributed by atoms with Gasteiger partial charge in [0.1, 0.15) is 11.6 Å². The normalized spacial score (nSPS) is 10.1. The minimum atomic E-state index is -0.338. The summed E-state index contributed by atoms with van der Waals surface area (Å²) in [6, 6.07) is 6.92. The highest BCUT2D eigenvalue weighted by Gasteiger charge is 2.14. The fourth-order valence-electron chi connectivity index (χ4n) is 1.72. The number of aromatic nitrogens is 1. The van der Waals surface area contributed by atoms with E-state index in [1.54, 1.807) is 25.2 Å². The van der Waals surface area contributed by atoms with Gasteiger partial charge in [0.15, 0.2) is 0 Å². The number of carbonyl (C=O) groups is 1. The number of nitrogens with zero attached hydrogens (tertiary/aromatic N) is 1. The highest BCUT2D eigenvalue weighted by Crippen LogP contribution is 2.29. The molecule has 0 bridgehead atoms. The minimum absolute atomic E-state index is 0.278. The summed E-state index contributed by atoms with van der Waals surface area (Å²) in [5, 5.41) is 5.92. The lowest BCUT2D eigenvalue weighted by molar-refractivity contribution is 0.102. The maximum atomic E-state index is 12.4. The van der Waals surface area contributed by atoms with Gasteiger partial charge in [-0.05, 0) is 24.3 Å². The number of pyridine rings is 1. The van der Waals surface area contributed by atoms with Gasteiger partial charge < -0.3 is 15.4 Å². The van der Waals surface area contributed by atoms with Gasteiger partial charge in [-0.3, -0.25) is 4.79 Å². The van der Waals surface area contributed by atoms with Crippen LogP contribution in [0, 0.1) is 0 Å². The number of rotatable bonds is 4. The van der Waals surface area contributed by atoms with E-state index in [4.69, 9.17) is 16.3 Å².